The fourth-order valence-electron chi connectivity index (χ4n) is 2.76. The first-order valence-electron chi connectivity index (χ1n) is 6.67. The van der Waals surface area contributed by atoms with E-state index in [1.165, 1.54) is 6.07 Å². The molecule has 5 heteroatoms. The van der Waals surface area contributed by atoms with Crippen LogP contribution in [0.25, 0.3) is 22.2 Å². The van der Waals surface area contributed by atoms with Gasteiger partial charge in [0.25, 0.3) is 0 Å². The van der Waals surface area contributed by atoms with Crippen molar-refractivity contribution in [3.8, 4) is 11.3 Å². The number of rotatable bonds is 2. The Bertz CT molecular complexity index is 827. The summed E-state index contributed by atoms with van der Waals surface area (Å²) in [5.41, 5.74) is 2.83. The van der Waals surface area contributed by atoms with Crippen LogP contribution in [0.15, 0.2) is 28.9 Å². The van der Waals surface area contributed by atoms with E-state index in [-0.39, 0.29) is 5.82 Å². The summed E-state index contributed by atoms with van der Waals surface area (Å²) in [4.78, 5) is 6.26. The van der Waals surface area contributed by atoms with Crippen molar-refractivity contribution < 1.29 is 9.50 Å². The monoisotopic (exact) mass is 350 g/mol. The molecule has 3 N–H and O–H groups in total. The number of benzene rings is 1. The lowest BCUT2D eigenvalue weighted by Crippen LogP contribution is -2.15. The van der Waals surface area contributed by atoms with Gasteiger partial charge in [-0.3, -0.25) is 0 Å². The van der Waals surface area contributed by atoms with Gasteiger partial charge in [-0.15, -0.1) is 0 Å². The molecule has 0 saturated carbocycles. The molecular formula is C16H16BrFN2O. The number of halogens is 2. The molecule has 0 spiro atoms. The quantitative estimate of drug-likeness (QED) is 0.621. The van der Waals surface area contributed by atoms with Crippen molar-refractivity contribution in [1.29, 1.82) is 0 Å². The molecule has 3 rings (SSSR count). The van der Waals surface area contributed by atoms with Crippen LogP contribution in [0.1, 0.15) is 25.1 Å². The third-order valence-corrected chi connectivity index (χ3v) is 4.13. The van der Waals surface area contributed by atoms with E-state index in [1.807, 2.05) is 19.1 Å². The van der Waals surface area contributed by atoms with Crippen LogP contribution in [0.5, 0.6) is 0 Å². The van der Waals surface area contributed by atoms with Crippen molar-refractivity contribution in [2.45, 2.75) is 26.4 Å². The van der Waals surface area contributed by atoms with Crippen molar-refractivity contribution in [2.24, 2.45) is 0 Å². The Labute approximate surface area is 130 Å². The third kappa shape index (κ3) is 2.30. The van der Waals surface area contributed by atoms with Crippen molar-refractivity contribution in [3.63, 3.8) is 0 Å². The van der Waals surface area contributed by atoms with Crippen LogP contribution in [-0.2, 0) is 5.60 Å². The zero-order chi connectivity index (χ0) is 15.4. The summed E-state index contributed by atoms with van der Waals surface area (Å²) in [6, 6.07) is 5.17. The molecule has 2 aromatic heterocycles. The lowest BCUT2D eigenvalue weighted by atomic mass is 9.94. The summed E-state index contributed by atoms with van der Waals surface area (Å²) < 4.78 is 14.8. The van der Waals surface area contributed by atoms with Crippen LogP contribution < -0.4 is 0 Å². The van der Waals surface area contributed by atoms with Gasteiger partial charge in [0.05, 0.1) is 16.8 Å². The maximum atomic E-state index is 14.1. The maximum absolute atomic E-state index is 14.1. The second-order valence-electron chi connectivity index (χ2n) is 5.76. The first-order chi connectivity index (χ1) is 9.79. The van der Waals surface area contributed by atoms with Gasteiger partial charge in [-0.1, -0.05) is 15.9 Å². The number of fused-ring (bicyclic) bond motifs is 1. The number of aromatic amines is 2. The number of hydrogen-bond acceptors (Lipinski definition) is 1. The van der Waals surface area contributed by atoms with E-state index >= 15 is 0 Å². The standard InChI is InChI=1S/C16H16BrFN2O/c1-8-13(15-11(4-5-19-15)16(2,3)21)10-6-9(17)7-12(18)14(10)20-8/h4-7,19-21H,1-3H3. The van der Waals surface area contributed by atoms with Gasteiger partial charge in [0.2, 0.25) is 0 Å². The molecule has 110 valence electrons. The molecule has 0 fully saturated rings. The van der Waals surface area contributed by atoms with Gasteiger partial charge in [-0.2, -0.15) is 0 Å². The zero-order valence-electron chi connectivity index (χ0n) is 12.0. The van der Waals surface area contributed by atoms with Gasteiger partial charge >= 0.3 is 0 Å². The lowest BCUT2D eigenvalue weighted by molar-refractivity contribution is 0.0794. The molecule has 1 aromatic carbocycles. The summed E-state index contributed by atoms with van der Waals surface area (Å²) in [5, 5.41) is 11.1. The molecule has 0 bridgehead atoms. The van der Waals surface area contributed by atoms with Crippen LogP contribution in [0.3, 0.4) is 0 Å². The Morgan fingerprint density at radius 3 is 2.67 bits per heavy atom. The first kappa shape index (κ1) is 14.4. The fourth-order valence-corrected chi connectivity index (χ4v) is 3.19. The lowest BCUT2D eigenvalue weighted by Gasteiger charge is -2.18. The summed E-state index contributed by atoms with van der Waals surface area (Å²) in [6.45, 7) is 5.37. The molecule has 0 radical (unpaired) electrons. The van der Waals surface area contributed by atoms with E-state index in [0.717, 1.165) is 27.9 Å². The molecule has 0 aliphatic heterocycles. The summed E-state index contributed by atoms with van der Waals surface area (Å²) >= 11 is 3.33. The minimum absolute atomic E-state index is 0.301. The van der Waals surface area contributed by atoms with E-state index in [2.05, 4.69) is 25.9 Å². The van der Waals surface area contributed by atoms with E-state index < -0.39 is 5.60 Å². The van der Waals surface area contributed by atoms with E-state index in [1.54, 1.807) is 20.0 Å². The maximum Gasteiger partial charge on any atom is 0.148 e. The summed E-state index contributed by atoms with van der Waals surface area (Å²) in [6.07, 6.45) is 1.79. The van der Waals surface area contributed by atoms with Gasteiger partial charge in [0.1, 0.15) is 5.82 Å². The average Bonchev–Trinajstić information content (AvgIpc) is 2.92. The second-order valence-corrected chi connectivity index (χ2v) is 6.68. The van der Waals surface area contributed by atoms with Crippen LogP contribution in [-0.4, -0.2) is 15.1 Å². The van der Waals surface area contributed by atoms with Crippen molar-refractivity contribution in [2.75, 3.05) is 0 Å². The number of H-pyrrole nitrogens is 2. The first-order valence-corrected chi connectivity index (χ1v) is 7.46. The molecule has 2 heterocycles. The normalized spacial score (nSPS) is 12.3. The second kappa shape index (κ2) is 4.71. The molecule has 0 atom stereocenters. The molecule has 0 unspecified atom stereocenters. The zero-order valence-corrected chi connectivity index (χ0v) is 13.6. The van der Waals surface area contributed by atoms with E-state index in [0.29, 0.717) is 9.99 Å². The van der Waals surface area contributed by atoms with Crippen molar-refractivity contribution >= 4 is 26.8 Å². The molecule has 0 saturated heterocycles. The van der Waals surface area contributed by atoms with Crippen LogP contribution >= 0.6 is 15.9 Å². The van der Waals surface area contributed by atoms with Gasteiger partial charge in [0, 0.05) is 32.9 Å². The Hall–Kier alpha value is -1.59. The number of hydrogen-bond donors (Lipinski definition) is 3. The molecule has 21 heavy (non-hydrogen) atoms. The van der Waals surface area contributed by atoms with E-state index in [4.69, 9.17) is 0 Å². The number of aromatic nitrogens is 2. The highest BCUT2D eigenvalue weighted by Gasteiger charge is 2.25. The van der Waals surface area contributed by atoms with Gasteiger partial charge < -0.3 is 15.1 Å². The van der Waals surface area contributed by atoms with Gasteiger partial charge in [0.15, 0.2) is 0 Å². The Morgan fingerprint density at radius 2 is 2.00 bits per heavy atom. The summed E-state index contributed by atoms with van der Waals surface area (Å²) in [5.74, 6) is -0.301. The largest absolute Gasteiger partial charge is 0.386 e. The van der Waals surface area contributed by atoms with Crippen LogP contribution in [0.2, 0.25) is 0 Å². The van der Waals surface area contributed by atoms with Crippen molar-refractivity contribution in [3.05, 3.63) is 45.9 Å². The fraction of sp³-hybridized carbons (Fsp3) is 0.250. The van der Waals surface area contributed by atoms with Crippen LogP contribution in [0.4, 0.5) is 4.39 Å². The molecule has 0 aliphatic carbocycles. The molecule has 0 aliphatic rings. The minimum atomic E-state index is -0.976. The Kier molecular flexibility index (Phi) is 3.22. The Morgan fingerprint density at radius 1 is 1.29 bits per heavy atom. The smallest absolute Gasteiger partial charge is 0.148 e. The Balaban J connectivity index is 2.36. The predicted octanol–water partition coefficient (Wildman–Crippen LogP) is 4.60. The van der Waals surface area contributed by atoms with Gasteiger partial charge in [-0.05, 0) is 39.0 Å². The van der Waals surface area contributed by atoms with Crippen LogP contribution in [0, 0.1) is 12.7 Å². The molecule has 0 amide bonds. The highest BCUT2D eigenvalue weighted by Crippen LogP contribution is 2.38. The molecular weight excluding hydrogens is 335 g/mol. The SMILES string of the molecule is Cc1[nH]c2c(F)cc(Br)cc2c1-c1[nH]ccc1C(C)(C)O. The minimum Gasteiger partial charge on any atom is -0.386 e. The third-order valence-electron chi connectivity index (χ3n) is 3.67. The average molecular weight is 351 g/mol. The number of nitrogens with one attached hydrogen (secondary N) is 2. The molecule has 3 nitrogen and oxygen atoms in total. The van der Waals surface area contributed by atoms with Crippen molar-refractivity contribution in [1.82, 2.24) is 9.97 Å². The highest BCUT2D eigenvalue weighted by atomic mass is 79.9. The number of aryl methyl sites for hydroxylation is 1. The summed E-state index contributed by atoms with van der Waals surface area (Å²) in [7, 11) is 0. The number of aliphatic hydroxyl groups is 1. The molecule has 3 aromatic rings. The predicted molar refractivity (Wildman–Crippen MR) is 85.7 cm³/mol. The highest BCUT2D eigenvalue weighted by molar-refractivity contribution is 9.10. The van der Waals surface area contributed by atoms with E-state index in [9.17, 15) is 9.50 Å². The topological polar surface area (TPSA) is 51.8 Å². The van der Waals surface area contributed by atoms with Gasteiger partial charge in [-0.25, -0.2) is 4.39 Å².